The number of hydrogen-bond acceptors (Lipinski definition) is 1. The Kier molecular flexibility index (Phi) is 4.49. The zero-order valence-corrected chi connectivity index (χ0v) is 10.5. The number of carbonyl (C=O) groups is 1. The number of rotatable bonds is 2. The maximum absolute atomic E-state index is 11.2. The second-order valence-corrected chi connectivity index (χ2v) is 4.84. The summed E-state index contributed by atoms with van der Waals surface area (Å²) in [5, 5.41) is 3.10. The second-order valence-electron chi connectivity index (χ2n) is 4.07. The lowest BCUT2D eigenvalue weighted by Gasteiger charge is -2.34. The van der Waals surface area contributed by atoms with Gasteiger partial charge in [-0.2, -0.15) is 0 Å². The van der Waals surface area contributed by atoms with Crippen molar-refractivity contribution in [2.24, 2.45) is 11.8 Å². The molecule has 76 valence electrons. The van der Waals surface area contributed by atoms with Gasteiger partial charge in [-0.05, 0) is 18.3 Å². The van der Waals surface area contributed by atoms with Gasteiger partial charge in [0.15, 0.2) is 0 Å². The van der Waals surface area contributed by atoms with E-state index < -0.39 is 0 Å². The van der Waals surface area contributed by atoms with Crippen LogP contribution >= 0.6 is 22.6 Å². The number of carbonyl (C=O) groups excluding carboxylic acids is 1. The first-order chi connectivity index (χ1) is 6.15. The minimum atomic E-state index is 0.187. The Balaban J connectivity index is 2.43. The molecule has 3 heteroatoms. The Labute approximate surface area is 94.0 Å². The lowest BCUT2D eigenvalue weighted by molar-refractivity contribution is -0.119. The van der Waals surface area contributed by atoms with E-state index in [1.165, 1.54) is 12.8 Å². The Morgan fingerprint density at radius 3 is 2.77 bits per heavy atom. The quantitative estimate of drug-likeness (QED) is 0.615. The molecule has 0 spiro atoms. The molecular weight excluding hydrogens is 277 g/mol. The molecule has 1 rings (SSSR count). The normalized spacial score (nSPS) is 34.2. The molecular formula is C10H18INO. The van der Waals surface area contributed by atoms with E-state index in [2.05, 4.69) is 41.8 Å². The van der Waals surface area contributed by atoms with Gasteiger partial charge in [0.05, 0.1) is 4.43 Å². The second kappa shape index (κ2) is 5.17. The van der Waals surface area contributed by atoms with Crippen LogP contribution in [0.25, 0.3) is 0 Å². The Bertz CT molecular complexity index is 184. The Morgan fingerprint density at radius 2 is 2.15 bits per heavy atom. The highest BCUT2D eigenvalue weighted by Gasteiger charge is 2.27. The maximum Gasteiger partial charge on any atom is 0.230 e. The molecule has 3 unspecified atom stereocenters. The SMILES string of the molecule is CC1CCCC(NC(=O)CI)C1C. The van der Waals surface area contributed by atoms with Crippen molar-refractivity contribution in [1.29, 1.82) is 0 Å². The van der Waals surface area contributed by atoms with Gasteiger partial charge in [-0.3, -0.25) is 4.79 Å². The fraction of sp³-hybridized carbons (Fsp3) is 0.900. The van der Waals surface area contributed by atoms with Gasteiger partial charge in [0.2, 0.25) is 5.91 Å². The van der Waals surface area contributed by atoms with Crippen molar-refractivity contribution in [2.45, 2.75) is 39.2 Å². The van der Waals surface area contributed by atoms with Crippen LogP contribution in [0.3, 0.4) is 0 Å². The van der Waals surface area contributed by atoms with Crippen LogP contribution in [-0.2, 0) is 4.79 Å². The molecule has 0 aliphatic heterocycles. The molecule has 0 aromatic rings. The van der Waals surface area contributed by atoms with Crippen LogP contribution < -0.4 is 5.32 Å². The molecule has 0 aromatic carbocycles. The van der Waals surface area contributed by atoms with Crippen molar-refractivity contribution in [3.8, 4) is 0 Å². The third-order valence-electron chi connectivity index (χ3n) is 3.17. The van der Waals surface area contributed by atoms with E-state index in [9.17, 15) is 4.79 Å². The highest BCUT2D eigenvalue weighted by Crippen LogP contribution is 2.29. The molecule has 3 atom stereocenters. The van der Waals surface area contributed by atoms with Crippen molar-refractivity contribution in [3.63, 3.8) is 0 Å². The van der Waals surface area contributed by atoms with E-state index in [0.717, 1.165) is 12.3 Å². The summed E-state index contributed by atoms with van der Waals surface area (Å²) in [6, 6.07) is 0.422. The number of amides is 1. The third kappa shape index (κ3) is 3.11. The zero-order chi connectivity index (χ0) is 9.84. The van der Waals surface area contributed by atoms with E-state index in [1.807, 2.05) is 0 Å². The standard InChI is InChI=1S/C10H18INO/c1-7-4-3-5-9(8(7)2)12-10(13)6-11/h7-9H,3-6H2,1-2H3,(H,12,13). The maximum atomic E-state index is 11.2. The number of alkyl halides is 1. The van der Waals surface area contributed by atoms with Crippen LogP contribution in [-0.4, -0.2) is 16.4 Å². The molecule has 1 aliphatic rings. The van der Waals surface area contributed by atoms with Crippen molar-refractivity contribution >= 4 is 28.5 Å². The monoisotopic (exact) mass is 295 g/mol. The van der Waals surface area contributed by atoms with Gasteiger partial charge in [-0.1, -0.05) is 49.3 Å². The minimum Gasteiger partial charge on any atom is -0.352 e. The fourth-order valence-corrected chi connectivity index (χ4v) is 2.25. The van der Waals surface area contributed by atoms with Crippen LogP contribution in [0.5, 0.6) is 0 Å². The first kappa shape index (κ1) is 11.3. The molecule has 1 saturated carbocycles. The molecule has 1 fully saturated rings. The third-order valence-corrected chi connectivity index (χ3v) is 3.87. The number of hydrogen-bond donors (Lipinski definition) is 1. The predicted octanol–water partition coefficient (Wildman–Crippen LogP) is 2.36. The van der Waals surface area contributed by atoms with E-state index in [0.29, 0.717) is 16.4 Å². The highest BCUT2D eigenvalue weighted by atomic mass is 127. The van der Waals surface area contributed by atoms with Crippen LogP contribution in [0.2, 0.25) is 0 Å². The first-order valence-corrected chi connectivity index (χ1v) is 6.53. The van der Waals surface area contributed by atoms with Crippen molar-refractivity contribution in [3.05, 3.63) is 0 Å². The first-order valence-electron chi connectivity index (χ1n) is 5.00. The minimum absolute atomic E-state index is 0.187. The van der Waals surface area contributed by atoms with Gasteiger partial charge in [0.25, 0.3) is 0 Å². The molecule has 0 aromatic heterocycles. The molecule has 13 heavy (non-hydrogen) atoms. The average molecular weight is 295 g/mol. The van der Waals surface area contributed by atoms with Gasteiger partial charge >= 0.3 is 0 Å². The highest BCUT2D eigenvalue weighted by molar-refractivity contribution is 14.1. The Morgan fingerprint density at radius 1 is 1.46 bits per heavy atom. The molecule has 1 N–H and O–H groups in total. The van der Waals surface area contributed by atoms with Crippen LogP contribution in [0, 0.1) is 11.8 Å². The topological polar surface area (TPSA) is 29.1 Å². The van der Waals surface area contributed by atoms with Gasteiger partial charge in [-0.25, -0.2) is 0 Å². The molecule has 0 heterocycles. The molecule has 0 saturated heterocycles. The van der Waals surface area contributed by atoms with Crippen LogP contribution in [0.15, 0.2) is 0 Å². The summed E-state index contributed by atoms with van der Waals surface area (Å²) in [7, 11) is 0. The summed E-state index contributed by atoms with van der Waals surface area (Å²) >= 11 is 2.11. The van der Waals surface area contributed by atoms with Gasteiger partial charge in [-0.15, -0.1) is 0 Å². The summed E-state index contributed by atoms with van der Waals surface area (Å²) in [5.41, 5.74) is 0. The van der Waals surface area contributed by atoms with Gasteiger partial charge < -0.3 is 5.32 Å². The zero-order valence-electron chi connectivity index (χ0n) is 8.35. The van der Waals surface area contributed by atoms with Crippen LogP contribution in [0.4, 0.5) is 0 Å². The van der Waals surface area contributed by atoms with E-state index in [4.69, 9.17) is 0 Å². The van der Waals surface area contributed by atoms with Crippen LogP contribution in [0.1, 0.15) is 33.1 Å². The lowest BCUT2D eigenvalue weighted by Crippen LogP contribution is -2.44. The van der Waals surface area contributed by atoms with Gasteiger partial charge in [0.1, 0.15) is 0 Å². The van der Waals surface area contributed by atoms with Crippen molar-refractivity contribution < 1.29 is 4.79 Å². The van der Waals surface area contributed by atoms with Crippen molar-refractivity contribution in [2.75, 3.05) is 4.43 Å². The average Bonchev–Trinajstić information content (AvgIpc) is 2.13. The smallest absolute Gasteiger partial charge is 0.230 e. The summed E-state index contributed by atoms with van der Waals surface area (Å²) in [6.07, 6.45) is 3.74. The van der Waals surface area contributed by atoms with Gasteiger partial charge in [0, 0.05) is 6.04 Å². The van der Waals surface area contributed by atoms with E-state index in [1.54, 1.807) is 0 Å². The molecule has 0 bridgehead atoms. The summed E-state index contributed by atoms with van der Waals surface area (Å²) in [4.78, 5) is 11.2. The summed E-state index contributed by atoms with van der Waals surface area (Å²) in [6.45, 7) is 4.54. The van der Waals surface area contributed by atoms with Crippen molar-refractivity contribution in [1.82, 2.24) is 5.32 Å². The van der Waals surface area contributed by atoms with E-state index >= 15 is 0 Å². The number of nitrogens with one attached hydrogen (secondary N) is 1. The molecule has 0 radical (unpaired) electrons. The molecule has 1 aliphatic carbocycles. The molecule has 1 amide bonds. The van der Waals surface area contributed by atoms with E-state index in [-0.39, 0.29) is 5.91 Å². The largest absolute Gasteiger partial charge is 0.352 e. The lowest BCUT2D eigenvalue weighted by atomic mass is 9.78. The predicted molar refractivity (Wildman–Crippen MR) is 63.0 cm³/mol. The summed E-state index contributed by atoms with van der Waals surface area (Å²) in [5.74, 6) is 1.58. The molecule has 2 nitrogen and oxygen atoms in total. The summed E-state index contributed by atoms with van der Waals surface area (Å²) < 4.78 is 0.579. The fourth-order valence-electron chi connectivity index (χ4n) is 2.03. The number of halogens is 1. The Hall–Kier alpha value is 0.200.